The summed E-state index contributed by atoms with van der Waals surface area (Å²) in [5.74, 6) is 1.02. The van der Waals surface area contributed by atoms with Gasteiger partial charge in [-0.15, -0.1) is 0 Å². The first kappa shape index (κ1) is 13.3. The molecular formula is C14H24N4. The van der Waals surface area contributed by atoms with Gasteiger partial charge in [0.1, 0.15) is 5.82 Å². The van der Waals surface area contributed by atoms with Gasteiger partial charge in [0.25, 0.3) is 0 Å². The van der Waals surface area contributed by atoms with Crippen molar-refractivity contribution in [3.8, 4) is 0 Å². The zero-order chi connectivity index (χ0) is 13.0. The van der Waals surface area contributed by atoms with Crippen molar-refractivity contribution in [2.75, 3.05) is 51.7 Å². The number of nitrogens with zero attached hydrogens (tertiary/aromatic N) is 4. The Kier molecular flexibility index (Phi) is 4.55. The lowest BCUT2D eigenvalue weighted by atomic mass is 10.2. The van der Waals surface area contributed by atoms with Gasteiger partial charge in [0, 0.05) is 53.0 Å². The van der Waals surface area contributed by atoms with Crippen molar-refractivity contribution in [1.29, 1.82) is 0 Å². The third-order valence-electron chi connectivity index (χ3n) is 3.59. The van der Waals surface area contributed by atoms with Crippen LogP contribution in [0, 0.1) is 0 Å². The number of hydrogen-bond donors (Lipinski definition) is 0. The van der Waals surface area contributed by atoms with Crippen molar-refractivity contribution in [1.82, 2.24) is 14.8 Å². The molecule has 2 heterocycles. The Labute approximate surface area is 110 Å². The van der Waals surface area contributed by atoms with E-state index in [1.165, 1.54) is 38.3 Å². The van der Waals surface area contributed by atoms with Gasteiger partial charge in [0.2, 0.25) is 0 Å². The summed E-state index contributed by atoms with van der Waals surface area (Å²) in [5.41, 5.74) is 1.31. The summed E-state index contributed by atoms with van der Waals surface area (Å²) in [5, 5.41) is 0. The Bertz CT molecular complexity index is 353. The summed E-state index contributed by atoms with van der Waals surface area (Å²) in [4.78, 5) is 11.5. The molecule has 0 bridgehead atoms. The highest BCUT2D eigenvalue weighted by molar-refractivity contribution is 5.37. The normalized spacial score (nSPS) is 17.9. The summed E-state index contributed by atoms with van der Waals surface area (Å²) < 4.78 is 0. The molecule has 1 aromatic rings. The second-order valence-corrected chi connectivity index (χ2v) is 5.13. The van der Waals surface area contributed by atoms with Crippen molar-refractivity contribution in [3.05, 3.63) is 23.9 Å². The molecule has 0 aromatic carbocycles. The summed E-state index contributed by atoms with van der Waals surface area (Å²) in [6.07, 6.45) is 2.00. The molecule has 1 saturated heterocycles. The average molecular weight is 248 g/mol. The Hall–Kier alpha value is -1.13. The quantitative estimate of drug-likeness (QED) is 0.800. The van der Waals surface area contributed by atoms with E-state index >= 15 is 0 Å². The van der Waals surface area contributed by atoms with Gasteiger partial charge in [-0.1, -0.05) is 13.0 Å². The van der Waals surface area contributed by atoms with Crippen LogP contribution in [0.15, 0.2) is 18.3 Å². The molecule has 1 aliphatic heterocycles. The SMILES string of the molecule is CCN1CCN(Cc2ccc(N(C)C)nc2)CC1. The van der Waals surface area contributed by atoms with Crippen LogP contribution in [0.5, 0.6) is 0 Å². The lowest BCUT2D eigenvalue weighted by Crippen LogP contribution is -2.45. The van der Waals surface area contributed by atoms with E-state index in [4.69, 9.17) is 0 Å². The lowest BCUT2D eigenvalue weighted by molar-refractivity contribution is 0.132. The molecule has 0 radical (unpaired) electrons. The van der Waals surface area contributed by atoms with Crippen molar-refractivity contribution >= 4 is 5.82 Å². The van der Waals surface area contributed by atoms with Gasteiger partial charge in [-0.3, -0.25) is 4.90 Å². The number of rotatable bonds is 4. The minimum absolute atomic E-state index is 1.02. The van der Waals surface area contributed by atoms with Crippen LogP contribution in [0.1, 0.15) is 12.5 Å². The van der Waals surface area contributed by atoms with E-state index < -0.39 is 0 Å². The van der Waals surface area contributed by atoms with Crippen LogP contribution in [0.2, 0.25) is 0 Å². The molecule has 0 atom stereocenters. The zero-order valence-corrected chi connectivity index (χ0v) is 11.8. The zero-order valence-electron chi connectivity index (χ0n) is 11.8. The first-order valence-corrected chi connectivity index (χ1v) is 6.76. The molecule has 4 heteroatoms. The van der Waals surface area contributed by atoms with Crippen molar-refractivity contribution in [3.63, 3.8) is 0 Å². The Morgan fingerprint density at radius 1 is 1.11 bits per heavy atom. The second kappa shape index (κ2) is 6.16. The summed E-state index contributed by atoms with van der Waals surface area (Å²) in [6.45, 7) is 9.16. The third-order valence-corrected chi connectivity index (χ3v) is 3.59. The number of pyridine rings is 1. The highest BCUT2D eigenvalue weighted by Crippen LogP contribution is 2.11. The molecule has 100 valence electrons. The molecule has 1 fully saturated rings. The highest BCUT2D eigenvalue weighted by Gasteiger charge is 2.15. The highest BCUT2D eigenvalue weighted by atomic mass is 15.3. The molecule has 0 amide bonds. The number of anilines is 1. The molecular weight excluding hydrogens is 224 g/mol. The van der Waals surface area contributed by atoms with Crippen LogP contribution >= 0.6 is 0 Å². The topological polar surface area (TPSA) is 22.6 Å². The monoisotopic (exact) mass is 248 g/mol. The van der Waals surface area contributed by atoms with E-state index in [0.29, 0.717) is 0 Å². The fourth-order valence-corrected chi connectivity index (χ4v) is 2.30. The van der Waals surface area contributed by atoms with E-state index in [0.717, 1.165) is 12.4 Å². The Balaban J connectivity index is 1.86. The number of hydrogen-bond acceptors (Lipinski definition) is 4. The van der Waals surface area contributed by atoms with Crippen LogP contribution in [0.25, 0.3) is 0 Å². The first-order valence-electron chi connectivity index (χ1n) is 6.76. The van der Waals surface area contributed by atoms with E-state index in [1.807, 2.05) is 25.2 Å². The predicted molar refractivity (Wildman–Crippen MR) is 76.0 cm³/mol. The molecule has 2 rings (SSSR count). The molecule has 0 aliphatic carbocycles. The van der Waals surface area contributed by atoms with Crippen LogP contribution in [-0.2, 0) is 6.54 Å². The maximum Gasteiger partial charge on any atom is 0.127 e. The van der Waals surface area contributed by atoms with Gasteiger partial charge in [-0.25, -0.2) is 4.98 Å². The predicted octanol–water partition coefficient (Wildman–Crippen LogP) is 1.29. The average Bonchev–Trinajstić information content (AvgIpc) is 2.40. The molecule has 0 saturated carbocycles. The van der Waals surface area contributed by atoms with Gasteiger partial charge in [0.05, 0.1) is 0 Å². The third kappa shape index (κ3) is 3.43. The van der Waals surface area contributed by atoms with Gasteiger partial charge >= 0.3 is 0 Å². The summed E-state index contributed by atoms with van der Waals surface area (Å²) in [6, 6.07) is 4.28. The number of likely N-dealkylation sites (N-methyl/N-ethyl adjacent to an activating group) is 1. The largest absolute Gasteiger partial charge is 0.363 e. The number of piperazine rings is 1. The van der Waals surface area contributed by atoms with E-state index in [-0.39, 0.29) is 0 Å². The lowest BCUT2D eigenvalue weighted by Gasteiger charge is -2.33. The smallest absolute Gasteiger partial charge is 0.127 e. The van der Waals surface area contributed by atoms with E-state index in [1.54, 1.807) is 0 Å². The minimum atomic E-state index is 1.02. The molecule has 4 nitrogen and oxygen atoms in total. The second-order valence-electron chi connectivity index (χ2n) is 5.13. The molecule has 1 aliphatic rings. The molecule has 0 unspecified atom stereocenters. The van der Waals surface area contributed by atoms with Gasteiger partial charge < -0.3 is 9.80 Å². The first-order chi connectivity index (χ1) is 8.69. The van der Waals surface area contributed by atoms with Gasteiger partial charge in [-0.05, 0) is 18.2 Å². The molecule has 0 N–H and O–H groups in total. The standard InChI is InChI=1S/C14H24N4/c1-4-17-7-9-18(10-8-17)12-13-5-6-14(15-11-13)16(2)3/h5-6,11H,4,7-10,12H2,1-3H3. The van der Waals surface area contributed by atoms with Crippen molar-refractivity contribution in [2.45, 2.75) is 13.5 Å². The summed E-state index contributed by atoms with van der Waals surface area (Å²) in [7, 11) is 4.04. The summed E-state index contributed by atoms with van der Waals surface area (Å²) >= 11 is 0. The Morgan fingerprint density at radius 3 is 2.28 bits per heavy atom. The minimum Gasteiger partial charge on any atom is -0.363 e. The van der Waals surface area contributed by atoms with Crippen molar-refractivity contribution < 1.29 is 0 Å². The molecule has 1 aromatic heterocycles. The number of aromatic nitrogens is 1. The Morgan fingerprint density at radius 2 is 1.78 bits per heavy atom. The van der Waals surface area contributed by atoms with Crippen molar-refractivity contribution in [2.24, 2.45) is 0 Å². The van der Waals surface area contributed by atoms with Crippen LogP contribution in [-0.4, -0.2) is 61.6 Å². The van der Waals surface area contributed by atoms with Gasteiger partial charge in [0.15, 0.2) is 0 Å². The molecule has 0 spiro atoms. The maximum atomic E-state index is 4.46. The fraction of sp³-hybridized carbons (Fsp3) is 0.643. The van der Waals surface area contributed by atoms with Crippen LogP contribution in [0.4, 0.5) is 5.82 Å². The van der Waals surface area contributed by atoms with E-state index in [2.05, 4.69) is 33.8 Å². The maximum absolute atomic E-state index is 4.46. The van der Waals surface area contributed by atoms with Gasteiger partial charge in [-0.2, -0.15) is 0 Å². The molecule has 18 heavy (non-hydrogen) atoms. The van der Waals surface area contributed by atoms with Crippen LogP contribution < -0.4 is 4.90 Å². The fourth-order valence-electron chi connectivity index (χ4n) is 2.30. The van der Waals surface area contributed by atoms with Crippen LogP contribution in [0.3, 0.4) is 0 Å². The van der Waals surface area contributed by atoms with E-state index in [9.17, 15) is 0 Å².